The highest BCUT2D eigenvalue weighted by Crippen LogP contribution is 2.14. The van der Waals surface area contributed by atoms with Crippen molar-refractivity contribution in [3.05, 3.63) is 63.6 Å². The molecule has 2 N–H and O–H groups in total. The predicted molar refractivity (Wildman–Crippen MR) is 90.0 cm³/mol. The van der Waals surface area contributed by atoms with Crippen molar-refractivity contribution in [2.45, 2.75) is 0 Å². The van der Waals surface area contributed by atoms with Gasteiger partial charge in [-0.3, -0.25) is 9.59 Å². The zero-order chi connectivity index (χ0) is 15.9. The number of hydrogen-bond acceptors (Lipinski definition) is 3. The number of hydrogen-bond donors (Lipinski definition) is 2. The third-order valence-electron chi connectivity index (χ3n) is 2.58. The SMILES string of the molecule is O=C(N/N=C\c1ccccc1Cl)C(=O)Nc1ccc(Br)cc1. The van der Waals surface area contributed by atoms with Gasteiger partial charge in [-0.15, -0.1) is 0 Å². The average molecular weight is 381 g/mol. The van der Waals surface area contributed by atoms with Crippen LogP contribution in [-0.2, 0) is 9.59 Å². The van der Waals surface area contributed by atoms with Gasteiger partial charge >= 0.3 is 11.8 Å². The molecule has 0 spiro atoms. The molecule has 7 heteroatoms. The summed E-state index contributed by atoms with van der Waals surface area (Å²) < 4.78 is 0.874. The monoisotopic (exact) mass is 379 g/mol. The highest BCUT2D eigenvalue weighted by molar-refractivity contribution is 9.10. The third kappa shape index (κ3) is 4.68. The van der Waals surface area contributed by atoms with E-state index in [0.29, 0.717) is 16.3 Å². The van der Waals surface area contributed by atoms with E-state index in [0.717, 1.165) is 4.47 Å². The number of carbonyl (C=O) groups excluding carboxylic acids is 2. The molecular weight excluding hydrogens is 370 g/mol. The van der Waals surface area contributed by atoms with Crippen molar-refractivity contribution in [3.8, 4) is 0 Å². The largest absolute Gasteiger partial charge is 0.329 e. The molecule has 2 aromatic carbocycles. The molecule has 22 heavy (non-hydrogen) atoms. The first-order valence-corrected chi connectivity index (χ1v) is 7.38. The maximum absolute atomic E-state index is 11.7. The molecule has 0 aromatic heterocycles. The molecule has 2 rings (SSSR count). The summed E-state index contributed by atoms with van der Waals surface area (Å²) in [6, 6.07) is 13.8. The van der Waals surface area contributed by atoms with E-state index in [1.165, 1.54) is 6.21 Å². The van der Waals surface area contributed by atoms with Crippen LogP contribution in [0.2, 0.25) is 5.02 Å². The van der Waals surface area contributed by atoms with Crippen LogP contribution in [0.4, 0.5) is 5.69 Å². The molecule has 2 aromatic rings. The van der Waals surface area contributed by atoms with Gasteiger partial charge in [0.1, 0.15) is 0 Å². The Hall–Kier alpha value is -2.18. The Kier molecular flexibility index (Phi) is 5.68. The van der Waals surface area contributed by atoms with Crippen molar-refractivity contribution in [2.24, 2.45) is 5.10 Å². The maximum atomic E-state index is 11.7. The summed E-state index contributed by atoms with van der Waals surface area (Å²) in [4.78, 5) is 23.3. The number of hydrazone groups is 1. The lowest BCUT2D eigenvalue weighted by Crippen LogP contribution is -2.32. The molecule has 0 bridgehead atoms. The van der Waals surface area contributed by atoms with Gasteiger partial charge in [-0.1, -0.05) is 45.7 Å². The van der Waals surface area contributed by atoms with Gasteiger partial charge in [-0.2, -0.15) is 5.10 Å². The highest BCUT2D eigenvalue weighted by atomic mass is 79.9. The normalized spacial score (nSPS) is 10.5. The molecule has 0 aliphatic heterocycles. The van der Waals surface area contributed by atoms with Crippen LogP contribution in [0.25, 0.3) is 0 Å². The Morgan fingerprint density at radius 2 is 1.73 bits per heavy atom. The predicted octanol–water partition coefficient (Wildman–Crippen LogP) is 3.19. The van der Waals surface area contributed by atoms with Crippen LogP contribution >= 0.6 is 27.5 Å². The third-order valence-corrected chi connectivity index (χ3v) is 3.46. The topological polar surface area (TPSA) is 70.6 Å². The van der Waals surface area contributed by atoms with Crippen LogP contribution in [0.5, 0.6) is 0 Å². The van der Waals surface area contributed by atoms with Crippen molar-refractivity contribution >= 4 is 51.2 Å². The minimum Gasteiger partial charge on any atom is -0.318 e. The molecule has 0 aliphatic rings. The second kappa shape index (κ2) is 7.72. The van der Waals surface area contributed by atoms with E-state index in [9.17, 15) is 9.59 Å². The van der Waals surface area contributed by atoms with Crippen LogP contribution < -0.4 is 10.7 Å². The summed E-state index contributed by atoms with van der Waals surface area (Å²) in [5.41, 5.74) is 3.29. The number of carbonyl (C=O) groups is 2. The summed E-state index contributed by atoms with van der Waals surface area (Å²) in [5, 5.41) is 6.66. The van der Waals surface area contributed by atoms with E-state index in [1.54, 1.807) is 48.5 Å². The molecule has 0 heterocycles. The summed E-state index contributed by atoms with van der Waals surface area (Å²) in [6.45, 7) is 0. The Morgan fingerprint density at radius 1 is 1.05 bits per heavy atom. The maximum Gasteiger partial charge on any atom is 0.329 e. The van der Waals surface area contributed by atoms with Crippen LogP contribution in [-0.4, -0.2) is 18.0 Å². The van der Waals surface area contributed by atoms with Gasteiger partial charge in [0.25, 0.3) is 0 Å². The molecule has 0 radical (unpaired) electrons. The number of nitrogens with zero attached hydrogens (tertiary/aromatic N) is 1. The van der Waals surface area contributed by atoms with Gasteiger partial charge in [0, 0.05) is 20.7 Å². The molecule has 0 saturated carbocycles. The quantitative estimate of drug-likeness (QED) is 0.488. The molecule has 0 saturated heterocycles. The fourth-order valence-corrected chi connectivity index (χ4v) is 1.96. The van der Waals surface area contributed by atoms with E-state index in [2.05, 4.69) is 31.8 Å². The lowest BCUT2D eigenvalue weighted by Gasteiger charge is -2.03. The van der Waals surface area contributed by atoms with E-state index in [4.69, 9.17) is 11.6 Å². The summed E-state index contributed by atoms with van der Waals surface area (Å²) >= 11 is 9.22. The summed E-state index contributed by atoms with van der Waals surface area (Å²) in [7, 11) is 0. The standard InChI is InChI=1S/C15H11BrClN3O2/c16-11-5-7-12(8-6-11)19-14(21)15(22)20-18-9-10-3-1-2-4-13(10)17/h1-9H,(H,19,21)(H,20,22)/b18-9-. The van der Waals surface area contributed by atoms with Crippen molar-refractivity contribution in [3.63, 3.8) is 0 Å². The van der Waals surface area contributed by atoms with Gasteiger partial charge in [0.2, 0.25) is 0 Å². The fraction of sp³-hybridized carbons (Fsp3) is 0. The average Bonchev–Trinajstić information content (AvgIpc) is 2.51. The number of benzene rings is 2. The molecule has 0 atom stereocenters. The first kappa shape index (κ1) is 16.2. The minimum absolute atomic E-state index is 0.500. The number of rotatable bonds is 3. The van der Waals surface area contributed by atoms with Crippen molar-refractivity contribution in [2.75, 3.05) is 5.32 Å². The van der Waals surface area contributed by atoms with Gasteiger partial charge < -0.3 is 5.32 Å². The lowest BCUT2D eigenvalue weighted by molar-refractivity contribution is -0.136. The van der Waals surface area contributed by atoms with E-state index < -0.39 is 11.8 Å². The smallest absolute Gasteiger partial charge is 0.318 e. The molecule has 112 valence electrons. The van der Waals surface area contributed by atoms with Crippen molar-refractivity contribution < 1.29 is 9.59 Å². The summed E-state index contributed by atoms with van der Waals surface area (Å²) in [6.07, 6.45) is 1.37. The molecule has 5 nitrogen and oxygen atoms in total. The minimum atomic E-state index is -0.869. The number of nitrogens with one attached hydrogen (secondary N) is 2. The number of anilines is 1. The molecule has 0 aliphatic carbocycles. The van der Waals surface area contributed by atoms with Crippen LogP contribution in [0.1, 0.15) is 5.56 Å². The van der Waals surface area contributed by atoms with Gasteiger partial charge in [0.15, 0.2) is 0 Å². The van der Waals surface area contributed by atoms with E-state index in [1.807, 2.05) is 0 Å². The first-order chi connectivity index (χ1) is 10.6. The Bertz CT molecular complexity index is 717. The Labute approximate surface area is 140 Å². The van der Waals surface area contributed by atoms with Crippen molar-refractivity contribution in [1.29, 1.82) is 0 Å². The molecule has 0 fully saturated rings. The van der Waals surface area contributed by atoms with Crippen molar-refractivity contribution in [1.82, 2.24) is 5.43 Å². The Morgan fingerprint density at radius 3 is 2.41 bits per heavy atom. The zero-order valence-electron chi connectivity index (χ0n) is 11.2. The van der Waals surface area contributed by atoms with Gasteiger partial charge in [-0.25, -0.2) is 5.43 Å². The molecular formula is C15H11BrClN3O2. The molecule has 2 amide bonds. The van der Waals surface area contributed by atoms with E-state index >= 15 is 0 Å². The number of halogens is 2. The number of amides is 2. The highest BCUT2D eigenvalue weighted by Gasteiger charge is 2.12. The van der Waals surface area contributed by atoms with Gasteiger partial charge in [-0.05, 0) is 30.3 Å². The van der Waals surface area contributed by atoms with Crippen LogP contribution in [0.15, 0.2) is 58.1 Å². The second-order valence-electron chi connectivity index (χ2n) is 4.18. The fourth-order valence-electron chi connectivity index (χ4n) is 1.51. The Balaban J connectivity index is 1.90. The molecule has 0 unspecified atom stereocenters. The second-order valence-corrected chi connectivity index (χ2v) is 5.50. The van der Waals surface area contributed by atoms with Crippen LogP contribution in [0, 0.1) is 0 Å². The first-order valence-electron chi connectivity index (χ1n) is 6.21. The summed E-state index contributed by atoms with van der Waals surface area (Å²) in [5.74, 6) is -1.68. The van der Waals surface area contributed by atoms with Crippen LogP contribution in [0.3, 0.4) is 0 Å². The van der Waals surface area contributed by atoms with E-state index in [-0.39, 0.29) is 0 Å². The zero-order valence-corrected chi connectivity index (χ0v) is 13.6. The lowest BCUT2D eigenvalue weighted by atomic mass is 10.2. The van der Waals surface area contributed by atoms with Gasteiger partial charge in [0.05, 0.1) is 6.21 Å².